The molecule has 0 bridgehead atoms. The van der Waals surface area contributed by atoms with Crippen LogP contribution in [0.15, 0.2) is 24.3 Å². The number of nitrogens with one attached hydrogen (secondary N) is 1. The molecule has 2 atom stereocenters. The second-order valence-corrected chi connectivity index (χ2v) is 4.69. The van der Waals surface area contributed by atoms with Gasteiger partial charge >= 0.3 is 5.97 Å². The summed E-state index contributed by atoms with van der Waals surface area (Å²) in [6, 6.07) is 7.65. The molecular weight excluding hydrogens is 246 g/mol. The van der Waals surface area contributed by atoms with Gasteiger partial charge in [0.2, 0.25) is 5.91 Å². The second-order valence-electron chi connectivity index (χ2n) is 4.69. The van der Waals surface area contributed by atoms with Gasteiger partial charge in [0.25, 0.3) is 0 Å². The molecule has 1 aliphatic carbocycles. The van der Waals surface area contributed by atoms with Gasteiger partial charge in [-0.25, -0.2) is 0 Å². The Morgan fingerprint density at radius 1 is 1.37 bits per heavy atom. The lowest BCUT2D eigenvalue weighted by Crippen LogP contribution is -2.30. The lowest BCUT2D eigenvalue weighted by atomic mass is 10.2. The zero-order valence-electron chi connectivity index (χ0n) is 10.8. The lowest BCUT2D eigenvalue weighted by Gasteiger charge is -2.09. The van der Waals surface area contributed by atoms with Crippen LogP contribution in [0.5, 0.6) is 5.75 Å². The summed E-state index contributed by atoms with van der Waals surface area (Å²) in [4.78, 5) is 22.2. The Bertz CT molecular complexity index is 486. The third-order valence-electron chi connectivity index (χ3n) is 3.20. The van der Waals surface area contributed by atoms with Crippen molar-refractivity contribution in [3.05, 3.63) is 29.8 Å². The fourth-order valence-corrected chi connectivity index (χ4v) is 1.94. The van der Waals surface area contributed by atoms with Gasteiger partial charge in [0.15, 0.2) is 0 Å². The van der Waals surface area contributed by atoms with Crippen molar-refractivity contribution >= 4 is 11.9 Å². The van der Waals surface area contributed by atoms with Crippen LogP contribution in [0, 0.1) is 18.8 Å². The van der Waals surface area contributed by atoms with Crippen LogP contribution in [0.4, 0.5) is 0 Å². The van der Waals surface area contributed by atoms with Crippen LogP contribution in [0.25, 0.3) is 0 Å². The molecule has 5 heteroatoms. The Hall–Kier alpha value is -2.04. The number of carboxylic acid groups (broad SMARTS) is 1. The highest BCUT2D eigenvalue weighted by Crippen LogP contribution is 2.38. The van der Waals surface area contributed by atoms with Gasteiger partial charge < -0.3 is 15.2 Å². The van der Waals surface area contributed by atoms with Crippen molar-refractivity contribution in [2.75, 3.05) is 13.2 Å². The van der Waals surface area contributed by atoms with Gasteiger partial charge in [-0.2, -0.15) is 0 Å². The maximum absolute atomic E-state index is 11.6. The number of carbonyl (C=O) groups is 2. The van der Waals surface area contributed by atoms with Crippen molar-refractivity contribution in [3.63, 3.8) is 0 Å². The van der Waals surface area contributed by atoms with Crippen LogP contribution < -0.4 is 10.1 Å². The van der Waals surface area contributed by atoms with Gasteiger partial charge in [-0.15, -0.1) is 0 Å². The molecule has 0 unspecified atom stereocenters. The Balaban J connectivity index is 1.66. The molecule has 0 aliphatic heterocycles. The number of amides is 1. The molecule has 102 valence electrons. The second kappa shape index (κ2) is 5.73. The number of hydrogen-bond donors (Lipinski definition) is 2. The minimum absolute atomic E-state index is 0.194. The van der Waals surface area contributed by atoms with Gasteiger partial charge in [0, 0.05) is 0 Å². The number of benzene rings is 1. The summed E-state index contributed by atoms with van der Waals surface area (Å²) in [7, 11) is 0. The minimum atomic E-state index is -0.892. The number of carboxylic acids is 1. The largest absolute Gasteiger partial charge is 0.491 e. The van der Waals surface area contributed by atoms with Crippen LogP contribution in [-0.2, 0) is 9.59 Å². The number of aryl methyl sites for hydroxylation is 1. The average molecular weight is 263 g/mol. The van der Waals surface area contributed by atoms with E-state index in [2.05, 4.69) is 5.32 Å². The quantitative estimate of drug-likeness (QED) is 0.756. The first kappa shape index (κ1) is 13.4. The molecular formula is C14H17NO4. The molecule has 0 spiro atoms. The molecule has 1 aromatic rings. The number of carbonyl (C=O) groups excluding carboxylic acids is 1. The SMILES string of the molecule is Cc1ccccc1OCCNC(=O)[C@@H]1C[C@H]1C(=O)O. The highest BCUT2D eigenvalue weighted by atomic mass is 16.5. The van der Waals surface area contributed by atoms with Crippen molar-refractivity contribution in [1.82, 2.24) is 5.32 Å². The van der Waals surface area contributed by atoms with Gasteiger partial charge in [0.05, 0.1) is 18.4 Å². The van der Waals surface area contributed by atoms with Crippen molar-refractivity contribution in [3.8, 4) is 5.75 Å². The monoisotopic (exact) mass is 263 g/mol. The summed E-state index contributed by atoms with van der Waals surface area (Å²) in [5.74, 6) is -1.16. The van der Waals surface area contributed by atoms with Crippen LogP contribution in [0.3, 0.4) is 0 Å². The molecule has 19 heavy (non-hydrogen) atoms. The van der Waals surface area contributed by atoms with Crippen molar-refractivity contribution in [2.24, 2.45) is 11.8 Å². The number of aliphatic carboxylic acids is 1. The molecule has 1 fully saturated rings. The molecule has 0 heterocycles. The third-order valence-corrected chi connectivity index (χ3v) is 3.20. The first-order valence-corrected chi connectivity index (χ1v) is 6.28. The molecule has 1 aliphatic rings. The molecule has 0 saturated heterocycles. The first-order valence-electron chi connectivity index (χ1n) is 6.28. The summed E-state index contributed by atoms with van der Waals surface area (Å²) in [6.45, 7) is 2.71. The fraction of sp³-hybridized carbons (Fsp3) is 0.429. The zero-order valence-corrected chi connectivity index (χ0v) is 10.8. The highest BCUT2D eigenvalue weighted by Gasteiger charge is 2.48. The van der Waals surface area contributed by atoms with Crippen LogP contribution in [0.1, 0.15) is 12.0 Å². The van der Waals surface area contributed by atoms with E-state index in [0.29, 0.717) is 19.6 Å². The van der Waals surface area contributed by atoms with Gasteiger partial charge in [0.1, 0.15) is 12.4 Å². The third kappa shape index (κ3) is 3.47. The summed E-state index contributed by atoms with van der Waals surface area (Å²) in [5, 5.41) is 11.4. The summed E-state index contributed by atoms with van der Waals surface area (Å²) < 4.78 is 5.53. The Morgan fingerprint density at radius 2 is 2.11 bits per heavy atom. The maximum atomic E-state index is 11.6. The van der Waals surface area contributed by atoms with E-state index in [-0.39, 0.29) is 11.8 Å². The lowest BCUT2D eigenvalue weighted by molar-refractivity contribution is -0.140. The highest BCUT2D eigenvalue weighted by molar-refractivity contribution is 5.89. The van der Waals surface area contributed by atoms with E-state index in [9.17, 15) is 9.59 Å². The summed E-state index contributed by atoms with van der Waals surface area (Å²) in [5.41, 5.74) is 1.04. The molecule has 1 amide bonds. The molecule has 1 aromatic carbocycles. The Labute approximate surface area is 111 Å². The number of para-hydroxylation sites is 1. The van der Waals surface area contributed by atoms with E-state index in [1.807, 2.05) is 31.2 Å². The molecule has 2 rings (SSSR count). The molecule has 0 radical (unpaired) electrons. The predicted octanol–water partition coefficient (Wildman–Crippen LogP) is 1.21. The van der Waals surface area contributed by atoms with E-state index in [4.69, 9.17) is 9.84 Å². The number of rotatable bonds is 6. The molecule has 2 N–H and O–H groups in total. The van der Waals surface area contributed by atoms with Gasteiger partial charge in [-0.3, -0.25) is 9.59 Å². The van der Waals surface area contributed by atoms with E-state index < -0.39 is 11.9 Å². The van der Waals surface area contributed by atoms with E-state index >= 15 is 0 Å². The van der Waals surface area contributed by atoms with Crippen LogP contribution in [-0.4, -0.2) is 30.1 Å². The Kier molecular flexibility index (Phi) is 4.04. The zero-order chi connectivity index (χ0) is 13.8. The molecule has 1 saturated carbocycles. The topological polar surface area (TPSA) is 75.6 Å². The number of ether oxygens (including phenoxy) is 1. The van der Waals surface area contributed by atoms with Crippen molar-refractivity contribution < 1.29 is 19.4 Å². The van der Waals surface area contributed by atoms with E-state index in [1.165, 1.54) is 0 Å². The fourth-order valence-electron chi connectivity index (χ4n) is 1.94. The smallest absolute Gasteiger partial charge is 0.307 e. The van der Waals surface area contributed by atoms with E-state index in [1.54, 1.807) is 0 Å². The van der Waals surface area contributed by atoms with Gasteiger partial charge in [-0.1, -0.05) is 18.2 Å². The van der Waals surface area contributed by atoms with Crippen LogP contribution >= 0.6 is 0 Å². The van der Waals surface area contributed by atoms with Crippen LogP contribution in [0.2, 0.25) is 0 Å². The normalized spacial score (nSPS) is 20.7. The maximum Gasteiger partial charge on any atom is 0.307 e. The molecule has 5 nitrogen and oxygen atoms in total. The van der Waals surface area contributed by atoms with Crippen molar-refractivity contribution in [2.45, 2.75) is 13.3 Å². The Morgan fingerprint density at radius 3 is 2.74 bits per heavy atom. The summed E-state index contributed by atoms with van der Waals surface area (Å²) >= 11 is 0. The number of hydrogen-bond acceptors (Lipinski definition) is 3. The minimum Gasteiger partial charge on any atom is -0.491 e. The average Bonchev–Trinajstić information content (AvgIpc) is 3.16. The predicted molar refractivity (Wildman–Crippen MR) is 68.9 cm³/mol. The standard InChI is InChI=1S/C14H17NO4/c1-9-4-2-3-5-12(9)19-7-6-15-13(16)10-8-11(10)14(17)18/h2-5,10-11H,6-8H2,1H3,(H,15,16)(H,17,18)/t10-,11-/m1/s1. The van der Waals surface area contributed by atoms with Crippen molar-refractivity contribution in [1.29, 1.82) is 0 Å². The van der Waals surface area contributed by atoms with Gasteiger partial charge in [-0.05, 0) is 25.0 Å². The molecule has 0 aromatic heterocycles. The first-order chi connectivity index (χ1) is 9.09. The summed E-state index contributed by atoms with van der Waals surface area (Å²) in [6.07, 6.45) is 0.444. The van der Waals surface area contributed by atoms with E-state index in [0.717, 1.165) is 11.3 Å².